The van der Waals surface area contributed by atoms with E-state index in [0.717, 1.165) is 26.0 Å². The van der Waals surface area contributed by atoms with Crippen molar-refractivity contribution in [1.82, 2.24) is 5.32 Å². The maximum atomic E-state index is 9.92. The second-order valence-electron chi connectivity index (χ2n) is 3.56. The molecule has 0 aromatic rings. The molecule has 3 nitrogen and oxygen atoms in total. The van der Waals surface area contributed by atoms with Crippen LogP contribution in [0, 0.1) is 0 Å². The lowest BCUT2D eigenvalue weighted by molar-refractivity contribution is -0.109. The maximum absolute atomic E-state index is 9.92. The number of ether oxygens (including phenoxy) is 1. The lowest BCUT2D eigenvalue weighted by Gasteiger charge is -2.21. The highest BCUT2D eigenvalue weighted by Crippen LogP contribution is 2.20. The van der Waals surface area contributed by atoms with Crippen molar-refractivity contribution in [3.63, 3.8) is 0 Å². The van der Waals surface area contributed by atoms with Gasteiger partial charge in [0.1, 0.15) is 0 Å². The standard InChI is InChI=1S/C10H19NO2/c12-9-11-7-4-8-13-10-5-2-1-3-6-10/h9-10H,1-8H2,(H,11,12). The Kier molecular flexibility index (Phi) is 5.57. The molecule has 0 saturated heterocycles. The normalized spacial score (nSPS) is 18.5. The first-order valence-corrected chi connectivity index (χ1v) is 5.22. The van der Waals surface area contributed by atoms with E-state index in [0.29, 0.717) is 6.10 Å². The molecule has 1 aliphatic carbocycles. The average molecular weight is 185 g/mol. The SMILES string of the molecule is O=CNCCCOC1CCCCC1. The van der Waals surface area contributed by atoms with Gasteiger partial charge in [0.15, 0.2) is 0 Å². The number of carbonyl (C=O) groups excluding carboxylic acids is 1. The zero-order chi connectivity index (χ0) is 9.36. The van der Waals surface area contributed by atoms with Crippen LogP contribution >= 0.6 is 0 Å². The molecular weight excluding hydrogens is 166 g/mol. The van der Waals surface area contributed by atoms with Crippen LogP contribution in [0.3, 0.4) is 0 Å². The molecule has 0 aliphatic heterocycles. The molecule has 1 aliphatic rings. The smallest absolute Gasteiger partial charge is 0.207 e. The van der Waals surface area contributed by atoms with Crippen molar-refractivity contribution in [3.05, 3.63) is 0 Å². The van der Waals surface area contributed by atoms with E-state index in [4.69, 9.17) is 4.74 Å². The van der Waals surface area contributed by atoms with Crippen molar-refractivity contribution in [1.29, 1.82) is 0 Å². The van der Waals surface area contributed by atoms with E-state index in [1.54, 1.807) is 0 Å². The first-order chi connectivity index (χ1) is 6.43. The summed E-state index contributed by atoms with van der Waals surface area (Å²) in [7, 11) is 0. The summed E-state index contributed by atoms with van der Waals surface area (Å²) in [6.45, 7) is 1.52. The van der Waals surface area contributed by atoms with E-state index in [9.17, 15) is 4.79 Å². The monoisotopic (exact) mass is 185 g/mol. The Labute approximate surface area is 79.8 Å². The van der Waals surface area contributed by atoms with Gasteiger partial charge in [-0.3, -0.25) is 4.79 Å². The first kappa shape index (κ1) is 10.5. The maximum Gasteiger partial charge on any atom is 0.207 e. The molecule has 0 aromatic carbocycles. The fourth-order valence-electron chi connectivity index (χ4n) is 1.71. The lowest BCUT2D eigenvalue weighted by Crippen LogP contribution is -2.20. The summed E-state index contributed by atoms with van der Waals surface area (Å²) in [4.78, 5) is 9.92. The molecule has 0 heterocycles. The summed E-state index contributed by atoms with van der Waals surface area (Å²) >= 11 is 0. The molecule has 0 spiro atoms. The van der Waals surface area contributed by atoms with Gasteiger partial charge in [-0.2, -0.15) is 0 Å². The van der Waals surface area contributed by atoms with Crippen LogP contribution in [-0.4, -0.2) is 25.7 Å². The molecule has 0 atom stereocenters. The van der Waals surface area contributed by atoms with E-state index in [-0.39, 0.29) is 0 Å². The second-order valence-corrected chi connectivity index (χ2v) is 3.56. The summed E-state index contributed by atoms with van der Waals surface area (Å²) in [6, 6.07) is 0. The van der Waals surface area contributed by atoms with Gasteiger partial charge in [0, 0.05) is 13.2 Å². The minimum atomic E-state index is 0.491. The number of rotatable bonds is 6. The first-order valence-electron chi connectivity index (χ1n) is 5.22. The summed E-state index contributed by atoms with van der Waals surface area (Å²) in [5.41, 5.74) is 0. The zero-order valence-corrected chi connectivity index (χ0v) is 8.13. The largest absolute Gasteiger partial charge is 0.378 e. The average Bonchev–Trinajstić information content (AvgIpc) is 2.19. The molecule has 1 rings (SSSR count). The minimum Gasteiger partial charge on any atom is -0.378 e. The van der Waals surface area contributed by atoms with E-state index in [2.05, 4.69) is 5.32 Å². The minimum absolute atomic E-state index is 0.491. The van der Waals surface area contributed by atoms with Crippen LogP contribution in [0.15, 0.2) is 0 Å². The number of carbonyl (C=O) groups is 1. The number of hydrogen-bond donors (Lipinski definition) is 1. The Bertz CT molecular complexity index is 133. The molecule has 1 amide bonds. The number of nitrogens with one attached hydrogen (secondary N) is 1. The second kappa shape index (κ2) is 6.89. The third-order valence-electron chi connectivity index (χ3n) is 2.45. The van der Waals surface area contributed by atoms with E-state index < -0.39 is 0 Å². The molecule has 0 aromatic heterocycles. The van der Waals surface area contributed by atoms with Crippen LogP contribution in [0.1, 0.15) is 38.5 Å². The molecule has 13 heavy (non-hydrogen) atoms. The Hall–Kier alpha value is -0.570. The Morgan fingerprint density at radius 1 is 1.31 bits per heavy atom. The molecule has 0 bridgehead atoms. The van der Waals surface area contributed by atoms with Gasteiger partial charge in [0.25, 0.3) is 0 Å². The number of hydrogen-bond acceptors (Lipinski definition) is 2. The molecule has 0 unspecified atom stereocenters. The topological polar surface area (TPSA) is 38.3 Å². The van der Waals surface area contributed by atoms with Crippen LogP contribution in [0.5, 0.6) is 0 Å². The fraction of sp³-hybridized carbons (Fsp3) is 0.900. The van der Waals surface area contributed by atoms with Crippen LogP contribution < -0.4 is 5.32 Å². The van der Waals surface area contributed by atoms with Crippen molar-refractivity contribution < 1.29 is 9.53 Å². The van der Waals surface area contributed by atoms with Gasteiger partial charge in [-0.25, -0.2) is 0 Å². The third-order valence-corrected chi connectivity index (χ3v) is 2.45. The van der Waals surface area contributed by atoms with Gasteiger partial charge in [-0.05, 0) is 19.3 Å². The van der Waals surface area contributed by atoms with Crippen molar-refractivity contribution in [2.24, 2.45) is 0 Å². The van der Waals surface area contributed by atoms with Gasteiger partial charge < -0.3 is 10.1 Å². The van der Waals surface area contributed by atoms with Crippen molar-refractivity contribution >= 4 is 6.41 Å². The van der Waals surface area contributed by atoms with Crippen LogP contribution in [0.4, 0.5) is 0 Å². The highest BCUT2D eigenvalue weighted by atomic mass is 16.5. The zero-order valence-electron chi connectivity index (χ0n) is 8.13. The Morgan fingerprint density at radius 2 is 2.08 bits per heavy atom. The van der Waals surface area contributed by atoms with Crippen molar-refractivity contribution in [2.45, 2.75) is 44.6 Å². The summed E-state index contributed by atoms with van der Waals surface area (Å²) in [5, 5.41) is 2.63. The predicted octanol–water partition coefficient (Wildman–Crippen LogP) is 1.47. The predicted molar refractivity (Wildman–Crippen MR) is 51.5 cm³/mol. The molecule has 0 radical (unpaired) electrons. The van der Waals surface area contributed by atoms with Gasteiger partial charge in [-0.1, -0.05) is 19.3 Å². The quantitative estimate of drug-likeness (QED) is 0.502. The fourth-order valence-corrected chi connectivity index (χ4v) is 1.71. The van der Waals surface area contributed by atoms with Crippen molar-refractivity contribution in [2.75, 3.05) is 13.2 Å². The van der Waals surface area contributed by atoms with Crippen molar-refractivity contribution in [3.8, 4) is 0 Å². The highest BCUT2D eigenvalue weighted by molar-refractivity contribution is 5.45. The van der Waals surface area contributed by atoms with Crippen LogP contribution in [0.2, 0.25) is 0 Å². The Balaban J connectivity index is 1.89. The van der Waals surface area contributed by atoms with Gasteiger partial charge in [0.05, 0.1) is 6.10 Å². The lowest BCUT2D eigenvalue weighted by atomic mass is 9.98. The van der Waals surface area contributed by atoms with Gasteiger partial charge >= 0.3 is 0 Å². The highest BCUT2D eigenvalue weighted by Gasteiger charge is 2.12. The summed E-state index contributed by atoms with van der Waals surface area (Å²) < 4.78 is 5.67. The van der Waals surface area contributed by atoms with Crippen LogP contribution in [0.25, 0.3) is 0 Å². The third kappa shape index (κ3) is 4.88. The van der Waals surface area contributed by atoms with E-state index in [1.807, 2.05) is 0 Å². The van der Waals surface area contributed by atoms with Gasteiger partial charge in [0.2, 0.25) is 6.41 Å². The Morgan fingerprint density at radius 3 is 2.77 bits per heavy atom. The van der Waals surface area contributed by atoms with Gasteiger partial charge in [-0.15, -0.1) is 0 Å². The molecule has 76 valence electrons. The molecular formula is C10H19NO2. The number of amides is 1. The molecule has 3 heteroatoms. The molecule has 1 N–H and O–H groups in total. The summed E-state index contributed by atoms with van der Waals surface area (Å²) in [5.74, 6) is 0. The molecule has 1 fully saturated rings. The van der Waals surface area contributed by atoms with E-state index >= 15 is 0 Å². The molecule has 1 saturated carbocycles. The summed E-state index contributed by atoms with van der Waals surface area (Å²) in [6.07, 6.45) is 8.60. The van der Waals surface area contributed by atoms with Crippen LogP contribution in [-0.2, 0) is 9.53 Å². The van der Waals surface area contributed by atoms with E-state index in [1.165, 1.54) is 32.1 Å².